The highest BCUT2D eigenvalue weighted by molar-refractivity contribution is 8.14. The van der Waals surface area contributed by atoms with Gasteiger partial charge in [0, 0.05) is 53.5 Å². The summed E-state index contributed by atoms with van der Waals surface area (Å²) in [5.41, 5.74) is 6.74. The van der Waals surface area contributed by atoms with Crippen LogP contribution in [0.5, 0.6) is 0 Å². The molecule has 0 amide bonds. The van der Waals surface area contributed by atoms with Crippen molar-refractivity contribution in [2.75, 3.05) is 31.6 Å². The molecule has 0 fully saturated rings. The molecule has 0 aromatic heterocycles. The summed E-state index contributed by atoms with van der Waals surface area (Å²) in [6.45, 7) is 8.78. The van der Waals surface area contributed by atoms with E-state index in [1.807, 2.05) is 38.1 Å². The minimum Gasteiger partial charge on any atom is -0.340 e. The van der Waals surface area contributed by atoms with E-state index in [-0.39, 0.29) is 0 Å². The zero-order valence-corrected chi connectivity index (χ0v) is 21.0. The van der Waals surface area contributed by atoms with Crippen molar-refractivity contribution < 1.29 is 13.2 Å². The van der Waals surface area contributed by atoms with Crippen LogP contribution in [0.1, 0.15) is 26.7 Å². The normalized spacial score (nSPS) is 18.5. The van der Waals surface area contributed by atoms with Gasteiger partial charge in [-0.15, -0.1) is 11.8 Å². The Kier molecular flexibility index (Phi) is 14.2. The maximum absolute atomic E-state index is 12.1. The number of likely N-dealkylation sites (N-methyl/N-ethyl adjacent to an activating group) is 1. The lowest BCUT2D eigenvalue weighted by molar-refractivity contribution is -0.0881. The van der Waals surface area contributed by atoms with E-state index in [4.69, 9.17) is 5.73 Å². The number of thioether (sulfide) groups is 2. The number of hydrogen-bond acceptors (Lipinski definition) is 6. The number of rotatable bonds is 8. The van der Waals surface area contributed by atoms with Gasteiger partial charge in [-0.05, 0) is 27.3 Å². The van der Waals surface area contributed by atoms with Gasteiger partial charge < -0.3 is 16.4 Å². The van der Waals surface area contributed by atoms with Crippen LogP contribution in [-0.4, -0.2) is 55.2 Å². The molecule has 5 nitrogen and oxygen atoms in total. The number of nitrogens with two attached hydrogens (primary N) is 1. The Balaban J connectivity index is 0.000000383. The molecule has 1 aliphatic heterocycles. The second-order valence-electron chi connectivity index (χ2n) is 7.26. The molecule has 1 heterocycles. The number of alkyl halides is 3. The van der Waals surface area contributed by atoms with Gasteiger partial charge in [0.15, 0.2) is 5.17 Å². The first-order chi connectivity index (χ1) is 15.7. The van der Waals surface area contributed by atoms with Crippen molar-refractivity contribution in [1.82, 2.24) is 10.6 Å². The topological polar surface area (TPSA) is 74.8 Å². The highest BCUT2D eigenvalue weighted by atomic mass is 32.2. The van der Waals surface area contributed by atoms with E-state index in [9.17, 15) is 13.2 Å². The van der Waals surface area contributed by atoms with Crippen molar-refractivity contribution >= 4 is 34.9 Å². The third kappa shape index (κ3) is 12.9. The van der Waals surface area contributed by atoms with Crippen LogP contribution in [0.4, 0.5) is 13.2 Å². The van der Waals surface area contributed by atoms with Crippen LogP contribution in [0.3, 0.4) is 0 Å². The average Bonchev–Trinajstić information content (AvgIpc) is 2.99. The van der Waals surface area contributed by atoms with Gasteiger partial charge in [-0.3, -0.25) is 9.98 Å². The Labute approximate surface area is 203 Å². The summed E-state index contributed by atoms with van der Waals surface area (Å²) in [6, 6.07) is 0.399. The van der Waals surface area contributed by atoms with Crippen LogP contribution in [0.2, 0.25) is 0 Å². The highest BCUT2D eigenvalue weighted by Crippen LogP contribution is 2.28. The fourth-order valence-electron chi connectivity index (χ4n) is 2.58. The minimum atomic E-state index is -4.22. The van der Waals surface area contributed by atoms with Gasteiger partial charge >= 0.3 is 6.18 Å². The lowest BCUT2D eigenvalue weighted by Gasteiger charge is -2.19. The summed E-state index contributed by atoms with van der Waals surface area (Å²) >= 11 is 3.55. The molecule has 0 radical (unpaired) electrons. The summed E-state index contributed by atoms with van der Waals surface area (Å²) in [5.74, 6) is 2.00. The van der Waals surface area contributed by atoms with Gasteiger partial charge in [0.05, 0.1) is 12.1 Å². The van der Waals surface area contributed by atoms with E-state index in [1.54, 1.807) is 18.7 Å². The van der Waals surface area contributed by atoms with Gasteiger partial charge in [-0.2, -0.15) is 13.2 Å². The van der Waals surface area contributed by atoms with Crippen molar-refractivity contribution in [3.05, 3.63) is 58.8 Å². The lowest BCUT2D eigenvalue weighted by Crippen LogP contribution is -2.28. The maximum atomic E-state index is 12.1. The second kappa shape index (κ2) is 16.0. The van der Waals surface area contributed by atoms with Crippen LogP contribution < -0.4 is 16.4 Å². The van der Waals surface area contributed by atoms with Crippen molar-refractivity contribution in [1.29, 1.82) is 0 Å². The van der Waals surface area contributed by atoms with Crippen molar-refractivity contribution in [2.45, 2.75) is 38.9 Å². The molecule has 4 N–H and O–H groups in total. The average molecular weight is 502 g/mol. The highest BCUT2D eigenvalue weighted by Gasteiger charge is 2.31. The molecule has 184 valence electrons. The molecule has 0 aromatic carbocycles. The standard InChI is InChI=1S/C14H25N5S2.C9H9F3/c1-11(2)19-14(18-7-5-15)21-9-8-20-13-10-17-6-4-12(13)16-3;1-7-3-2-4-8(6-5-7)9(10,11)12/h6,10,12,16H,1,4-5,7-9,15H2,2-3H3,(H,18,19);2,4-6H,3H2,1H3. The van der Waals surface area contributed by atoms with Crippen molar-refractivity contribution in [2.24, 2.45) is 15.7 Å². The van der Waals surface area contributed by atoms with E-state index in [1.165, 1.54) is 17.1 Å². The zero-order valence-electron chi connectivity index (χ0n) is 19.4. The summed E-state index contributed by atoms with van der Waals surface area (Å²) in [5, 5.41) is 7.38. The molecule has 0 saturated heterocycles. The quantitative estimate of drug-likeness (QED) is 0.243. The van der Waals surface area contributed by atoms with Crippen molar-refractivity contribution in [3.8, 4) is 0 Å². The van der Waals surface area contributed by atoms with E-state index in [0.717, 1.165) is 46.5 Å². The van der Waals surface area contributed by atoms with Gasteiger partial charge in [-0.1, -0.05) is 48.2 Å². The fraction of sp³-hybridized carbons (Fsp3) is 0.478. The Morgan fingerprint density at radius 1 is 1.33 bits per heavy atom. The number of amidine groups is 1. The molecule has 2 aliphatic rings. The van der Waals surface area contributed by atoms with E-state index in [2.05, 4.69) is 27.2 Å². The Morgan fingerprint density at radius 3 is 2.73 bits per heavy atom. The zero-order chi connectivity index (χ0) is 24.7. The van der Waals surface area contributed by atoms with Gasteiger partial charge in [-0.25, -0.2) is 0 Å². The summed E-state index contributed by atoms with van der Waals surface area (Å²) in [7, 11) is 1.99. The predicted molar refractivity (Wildman–Crippen MR) is 140 cm³/mol. The summed E-state index contributed by atoms with van der Waals surface area (Å²) in [4.78, 5) is 9.95. The lowest BCUT2D eigenvalue weighted by atomic mass is 10.2. The molecule has 1 aliphatic carbocycles. The Bertz CT molecular complexity index is 811. The smallest absolute Gasteiger partial charge is 0.340 e. The van der Waals surface area contributed by atoms with Gasteiger partial charge in [0.1, 0.15) is 0 Å². The third-order valence-corrected chi connectivity index (χ3v) is 6.55. The predicted octanol–water partition coefficient (Wildman–Crippen LogP) is 5.18. The SMILES string of the molecule is C=C(C)NC(=NCCN)SCCSC1=CN=CCC1NC.CC1=CC=C(C(F)(F)F)C=CC1. The first kappa shape index (κ1) is 29.3. The van der Waals surface area contributed by atoms with Crippen LogP contribution in [-0.2, 0) is 0 Å². The number of aliphatic imine (C=N–C) groups is 2. The molecule has 0 bridgehead atoms. The first-order valence-corrected chi connectivity index (χ1v) is 12.6. The van der Waals surface area contributed by atoms with Gasteiger partial charge in [0.2, 0.25) is 0 Å². The van der Waals surface area contributed by atoms with E-state index in [0.29, 0.717) is 25.6 Å². The number of halogens is 3. The Hall–Kier alpha value is -1.75. The molecule has 10 heteroatoms. The maximum Gasteiger partial charge on any atom is 0.416 e. The number of nitrogens with one attached hydrogen (secondary N) is 2. The van der Waals surface area contributed by atoms with Gasteiger partial charge in [0.25, 0.3) is 0 Å². The molecule has 1 atom stereocenters. The molecule has 1 unspecified atom stereocenters. The summed E-state index contributed by atoms with van der Waals surface area (Å²) < 4.78 is 36.3. The van der Waals surface area contributed by atoms with Crippen LogP contribution in [0.25, 0.3) is 0 Å². The van der Waals surface area contributed by atoms with Crippen LogP contribution in [0.15, 0.2) is 68.8 Å². The second-order valence-corrected chi connectivity index (χ2v) is 9.51. The number of nitrogens with zero attached hydrogens (tertiary/aromatic N) is 2. The monoisotopic (exact) mass is 501 g/mol. The first-order valence-electron chi connectivity index (χ1n) is 10.6. The largest absolute Gasteiger partial charge is 0.416 e. The molecular formula is C23H34F3N5S2. The molecule has 0 spiro atoms. The molecular weight excluding hydrogens is 467 g/mol. The molecule has 0 saturated carbocycles. The van der Waals surface area contributed by atoms with Crippen molar-refractivity contribution in [3.63, 3.8) is 0 Å². The fourth-order valence-corrected chi connectivity index (χ4v) is 4.66. The van der Waals surface area contributed by atoms with E-state index < -0.39 is 11.7 Å². The number of allylic oxidation sites excluding steroid dienone is 7. The molecule has 0 aromatic rings. The number of hydrogen-bond donors (Lipinski definition) is 3. The Morgan fingerprint density at radius 2 is 2.09 bits per heavy atom. The summed E-state index contributed by atoms with van der Waals surface area (Å²) in [6.07, 6.45) is 6.49. The minimum absolute atomic E-state index is 0.399. The third-order valence-electron chi connectivity index (χ3n) is 4.25. The molecule has 2 rings (SSSR count). The van der Waals surface area contributed by atoms with Crippen LogP contribution in [0, 0.1) is 0 Å². The molecule has 33 heavy (non-hydrogen) atoms. The van der Waals surface area contributed by atoms with Crippen LogP contribution >= 0.6 is 23.5 Å². The van der Waals surface area contributed by atoms with E-state index >= 15 is 0 Å².